The lowest BCUT2D eigenvalue weighted by Crippen LogP contribution is -2.23. The highest BCUT2D eigenvalue weighted by Gasteiger charge is 2.30. The number of fused-ring (bicyclic) bond motifs is 1. The maximum atomic E-state index is 12.7. The van der Waals surface area contributed by atoms with E-state index in [4.69, 9.17) is 0 Å². The third-order valence-electron chi connectivity index (χ3n) is 4.93. The lowest BCUT2D eigenvalue weighted by atomic mass is 10.1. The predicted octanol–water partition coefficient (Wildman–Crippen LogP) is 5.11. The largest absolute Gasteiger partial charge is 0.416 e. The third-order valence-corrected chi connectivity index (χ3v) is 4.93. The molecule has 0 fully saturated rings. The first-order chi connectivity index (χ1) is 14.3. The molecule has 4 nitrogen and oxygen atoms in total. The summed E-state index contributed by atoms with van der Waals surface area (Å²) in [6.45, 7) is 0.911. The Morgan fingerprint density at radius 3 is 2.33 bits per heavy atom. The number of hydrogen-bond acceptors (Lipinski definition) is 2. The van der Waals surface area contributed by atoms with Crippen molar-refractivity contribution in [2.24, 2.45) is 0 Å². The predicted molar refractivity (Wildman–Crippen MR) is 106 cm³/mol. The first-order valence-corrected chi connectivity index (χ1v) is 9.26. The second-order valence-electron chi connectivity index (χ2n) is 7.05. The minimum absolute atomic E-state index is 0.0746. The summed E-state index contributed by atoms with van der Waals surface area (Å²) in [5.41, 5.74) is 2.18. The van der Waals surface area contributed by atoms with Gasteiger partial charge < -0.3 is 10.2 Å². The molecule has 1 aliphatic heterocycles. The molecule has 0 atom stereocenters. The van der Waals surface area contributed by atoms with Crippen LogP contribution < -0.4 is 5.32 Å². The maximum Gasteiger partial charge on any atom is 0.416 e. The fourth-order valence-corrected chi connectivity index (χ4v) is 3.40. The molecular weight excluding hydrogens is 393 g/mol. The van der Waals surface area contributed by atoms with E-state index in [1.54, 1.807) is 23.1 Å². The van der Waals surface area contributed by atoms with Crippen LogP contribution in [0.1, 0.15) is 37.4 Å². The van der Waals surface area contributed by atoms with Crippen LogP contribution in [0.3, 0.4) is 0 Å². The Morgan fingerprint density at radius 1 is 0.967 bits per heavy atom. The van der Waals surface area contributed by atoms with Crippen LogP contribution in [-0.4, -0.2) is 16.7 Å². The molecule has 0 saturated heterocycles. The second kappa shape index (κ2) is 7.67. The highest BCUT2D eigenvalue weighted by atomic mass is 19.4. The second-order valence-corrected chi connectivity index (χ2v) is 7.05. The number of benzene rings is 3. The van der Waals surface area contributed by atoms with Crippen molar-refractivity contribution in [3.63, 3.8) is 0 Å². The van der Waals surface area contributed by atoms with E-state index in [-0.39, 0.29) is 11.5 Å². The zero-order chi connectivity index (χ0) is 21.3. The molecular formula is C23H17F3N2O2. The van der Waals surface area contributed by atoms with Crippen LogP contribution >= 0.6 is 0 Å². The topological polar surface area (TPSA) is 49.4 Å². The molecule has 152 valence electrons. The molecule has 7 heteroatoms. The molecule has 0 saturated carbocycles. The van der Waals surface area contributed by atoms with Gasteiger partial charge in [-0.1, -0.05) is 30.3 Å². The Kier molecular flexibility index (Phi) is 5.03. The van der Waals surface area contributed by atoms with Gasteiger partial charge in [0.2, 0.25) is 0 Å². The van der Waals surface area contributed by atoms with Crippen LogP contribution in [0.25, 0.3) is 0 Å². The molecule has 3 aromatic carbocycles. The fraction of sp³-hybridized carbons (Fsp3) is 0.130. The van der Waals surface area contributed by atoms with Crippen LogP contribution in [-0.2, 0) is 19.3 Å². The summed E-state index contributed by atoms with van der Waals surface area (Å²) >= 11 is 0. The van der Waals surface area contributed by atoms with Gasteiger partial charge in [0.1, 0.15) is 0 Å². The molecule has 1 N–H and O–H groups in total. The number of nitrogens with zero attached hydrogens (tertiary/aromatic N) is 1. The van der Waals surface area contributed by atoms with E-state index in [0.717, 1.165) is 35.4 Å². The number of hydrogen-bond donors (Lipinski definition) is 1. The number of nitrogens with one attached hydrogen (secondary N) is 1. The van der Waals surface area contributed by atoms with Gasteiger partial charge in [-0.15, -0.1) is 0 Å². The Morgan fingerprint density at radius 2 is 1.67 bits per heavy atom. The lowest BCUT2D eigenvalue weighted by Gasteiger charge is -2.15. The van der Waals surface area contributed by atoms with Crippen LogP contribution in [0.2, 0.25) is 0 Å². The lowest BCUT2D eigenvalue weighted by molar-refractivity contribution is -0.137. The standard InChI is InChI=1S/C23H17F3N2O2/c24-23(25,26)18-8-6-16(7-9-18)21(29)27-19-10-11-20-17(12-19)14-28(22(20)30)13-15-4-2-1-3-5-15/h1-12H,13-14H2,(H,27,29). The molecule has 1 heterocycles. The molecule has 30 heavy (non-hydrogen) atoms. The highest BCUT2D eigenvalue weighted by Crippen LogP contribution is 2.30. The number of alkyl halides is 3. The smallest absolute Gasteiger partial charge is 0.330 e. The van der Waals surface area contributed by atoms with Gasteiger partial charge in [0.25, 0.3) is 11.8 Å². The summed E-state index contributed by atoms with van der Waals surface area (Å²) in [6, 6.07) is 18.7. The molecule has 2 amide bonds. The average molecular weight is 410 g/mol. The van der Waals surface area contributed by atoms with Crippen molar-refractivity contribution in [3.8, 4) is 0 Å². The minimum Gasteiger partial charge on any atom is -0.330 e. The SMILES string of the molecule is O=C(Nc1ccc2c(c1)CN(Cc1ccccc1)C2=O)c1ccc(C(F)(F)F)cc1. The van der Waals surface area contributed by atoms with Gasteiger partial charge in [-0.25, -0.2) is 0 Å². The molecule has 0 unspecified atom stereocenters. The quantitative estimate of drug-likeness (QED) is 0.650. The van der Waals surface area contributed by atoms with Crippen molar-refractivity contribution in [1.29, 1.82) is 0 Å². The highest BCUT2D eigenvalue weighted by molar-refractivity contribution is 6.05. The summed E-state index contributed by atoms with van der Waals surface area (Å²) in [7, 11) is 0. The van der Waals surface area contributed by atoms with Gasteiger partial charge >= 0.3 is 6.18 Å². The molecule has 0 bridgehead atoms. The van der Waals surface area contributed by atoms with Crippen molar-refractivity contribution >= 4 is 17.5 Å². The van der Waals surface area contributed by atoms with E-state index in [1.807, 2.05) is 30.3 Å². The Bertz CT molecular complexity index is 1090. The van der Waals surface area contributed by atoms with Gasteiger partial charge in [0, 0.05) is 29.9 Å². The van der Waals surface area contributed by atoms with Crippen molar-refractivity contribution in [3.05, 3.63) is 101 Å². The van der Waals surface area contributed by atoms with Gasteiger partial charge in [0.15, 0.2) is 0 Å². The number of amides is 2. The number of anilines is 1. The van der Waals surface area contributed by atoms with Gasteiger partial charge in [-0.2, -0.15) is 13.2 Å². The Labute approximate surface area is 170 Å². The summed E-state index contributed by atoms with van der Waals surface area (Å²) < 4.78 is 38.0. The summed E-state index contributed by atoms with van der Waals surface area (Å²) in [5, 5.41) is 2.68. The van der Waals surface area contributed by atoms with E-state index >= 15 is 0 Å². The minimum atomic E-state index is -4.45. The van der Waals surface area contributed by atoms with Crippen molar-refractivity contribution in [2.45, 2.75) is 19.3 Å². The zero-order valence-electron chi connectivity index (χ0n) is 15.7. The van der Waals surface area contributed by atoms with Crippen LogP contribution in [0.5, 0.6) is 0 Å². The number of carbonyl (C=O) groups excluding carboxylic acids is 2. The van der Waals surface area contributed by atoms with E-state index in [1.165, 1.54) is 0 Å². The third kappa shape index (κ3) is 4.05. The molecule has 0 aliphatic carbocycles. The molecule has 0 spiro atoms. The van der Waals surface area contributed by atoms with E-state index in [2.05, 4.69) is 5.32 Å². The van der Waals surface area contributed by atoms with Crippen molar-refractivity contribution in [1.82, 2.24) is 4.90 Å². The fourth-order valence-electron chi connectivity index (χ4n) is 3.40. The molecule has 3 aromatic rings. The van der Waals surface area contributed by atoms with Crippen molar-refractivity contribution < 1.29 is 22.8 Å². The Hall–Kier alpha value is -3.61. The number of carbonyl (C=O) groups is 2. The normalized spacial score (nSPS) is 13.3. The number of rotatable bonds is 4. The first kappa shape index (κ1) is 19.7. The summed E-state index contributed by atoms with van der Waals surface area (Å²) in [5.74, 6) is -0.594. The van der Waals surface area contributed by atoms with Crippen LogP contribution in [0.4, 0.5) is 18.9 Å². The van der Waals surface area contributed by atoms with Crippen molar-refractivity contribution in [2.75, 3.05) is 5.32 Å². The molecule has 0 radical (unpaired) electrons. The summed E-state index contributed by atoms with van der Waals surface area (Å²) in [4.78, 5) is 26.7. The maximum absolute atomic E-state index is 12.7. The van der Waals surface area contributed by atoms with Gasteiger partial charge in [0.05, 0.1) is 5.56 Å². The van der Waals surface area contributed by atoms with Gasteiger partial charge in [-0.3, -0.25) is 9.59 Å². The van der Waals surface area contributed by atoms with E-state index in [0.29, 0.717) is 24.3 Å². The molecule has 4 rings (SSSR count). The van der Waals surface area contributed by atoms with Crippen LogP contribution in [0.15, 0.2) is 72.8 Å². The average Bonchev–Trinajstić information content (AvgIpc) is 3.03. The Balaban J connectivity index is 1.46. The van der Waals surface area contributed by atoms with Gasteiger partial charge in [-0.05, 0) is 53.6 Å². The van der Waals surface area contributed by atoms with E-state index in [9.17, 15) is 22.8 Å². The van der Waals surface area contributed by atoms with E-state index < -0.39 is 17.6 Å². The monoisotopic (exact) mass is 410 g/mol. The number of halogens is 3. The zero-order valence-corrected chi connectivity index (χ0v) is 15.7. The van der Waals surface area contributed by atoms with Crippen LogP contribution in [0, 0.1) is 0 Å². The molecule has 0 aromatic heterocycles. The summed E-state index contributed by atoms with van der Waals surface area (Å²) in [6.07, 6.45) is -4.45. The molecule has 1 aliphatic rings. The first-order valence-electron chi connectivity index (χ1n) is 9.26.